The number of rotatable bonds is 17. The lowest BCUT2D eigenvalue weighted by atomic mass is 10.0. The summed E-state index contributed by atoms with van der Waals surface area (Å²) in [6, 6.07) is 17.2. The number of aromatic nitrogens is 4. The van der Waals surface area contributed by atoms with E-state index in [1.165, 1.54) is 75.3 Å². The number of hydrogen-bond acceptors (Lipinski definition) is 2. The minimum atomic E-state index is 1.01. The summed E-state index contributed by atoms with van der Waals surface area (Å²) in [6.07, 6.45) is 27.6. The third kappa shape index (κ3) is 9.14. The molecule has 4 heterocycles. The minimum Gasteiger partial charge on any atom is -0.354 e. The Hall–Kier alpha value is -3.14. The molecule has 4 nitrogen and oxygen atoms in total. The smallest absolute Gasteiger partial charge is 0.0888 e. The molecule has 0 unspecified atom stereocenters. The Balaban J connectivity index is 1.12. The van der Waals surface area contributed by atoms with Gasteiger partial charge in [0.15, 0.2) is 0 Å². The Morgan fingerprint density at radius 3 is 1.31 bits per heavy atom. The molecule has 4 rings (SSSR count). The van der Waals surface area contributed by atoms with Gasteiger partial charge in [-0.1, -0.05) is 38.5 Å². The molecule has 4 heteroatoms. The van der Waals surface area contributed by atoms with Gasteiger partial charge in [-0.3, -0.25) is 9.97 Å². The van der Waals surface area contributed by atoms with Crippen LogP contribution in [0.1, 0.15) is 75.3 Å². The zero-order valence-electron chi connectivity index (χ0n) is 21.8. The molecule has 0 spiro atoms. The maximum atomic E-state index is 4.63. The van der Waals surface area contributed by atoms with Gasteiger partial charge in [0, 0.05) is 50.3 Å². The second-order valence-corrected chi connectivity index (χ2v) is 9.98. The lowest BCUT2D eigenvalue weighted by Crippen LogP contribution is -1.95. The highest BCUT2D eigenvalue weighted by atomic mass is 14.9. The second-order valence-electron chi connectivity index (χ2n) is 9.98. The van der Waals surface area contributed by atoms with E-state index in [0.29, 0.717) is 0 Å². The summed E-state index contributed by atoms with van der Waals surface area (Å²) in [5.41, 5.74) is 4.76. The van der Waals surface area contributed by atoms with Crippen LogP contribution < -0.4 is 0 Å². The van der Waals surface area contributed by atoms with E-state index in [1.54, 1.807) is 0 Å². The Morgan fingerprint density at radius 2 is 0.861 bits per heavy atom. The first-order valence-electron chi connectivity index (χ1n) is 14.0. The van der Waals surface area contributed by atoms with Crippen LogP contribution in [-0.2, 0) is 25.9 Å². The molecule has 0 N–H and O–H groups in total. The summed E-state index contributed by atoms with van der Waals surface area (Å²) in [6.45, 7) is 2.28. The molecule has 0 atom stereocenters. The first-order chi connectivity index (χ1) is 17.9. The molecule has 0 bridgehead atoms. The molecule has 0 fully saturated rings. The van der Waals surface area contributed by atoms with Crippen LogP contribution in [0.25, 0.3) is 11.4 Å². The summed E-state index contributed by atoms with van der Waals surface area (Å²) >= 11 is 0. The van der Waals surface area contributed by atoms with E-state index in [-0.39, 0.29) is 0 Å². The molecule has 190 valence electrons. The van der Waals surface area contributed by atoms with Gasteiger partial charge in [0.2, 0.25) is 0 Å². The summed E-state index contributed by atoms with van der Waals surface area (Å²) in [7, 11) is 0. The van der Waals surface area contributed by atoms with Gasteiger partial charge in [0.1, 0.15) is 0 Å². The van der Waals surface area contributed by atoms with Crippen LogP contribution in [-0.4, -0.2) is 19.1 Å². The lowest BCUT2D eigenvalue weighted by molar-refractivity contribution is 0.562. The predicted octanol–water partition coefficient (Wildman–Crippen LogP) is 8.13. The Kier molecular flexibility index (Phi) is 10.9. The van der Waals surface area contributed by atoms with Crippen molar-refractivity contribution in [3.63, 3.8) is 0 Å². The number of nitrogens with zero attached hydrogens (tertiary/aromatic N) is 4. The van der Waals surface area contributed by atoms with Gasteiger partial charge in [-0.25, -0.2) is 0 Å². The summed E-state index contributed by atoms with van der Waals surface area (Å²) in [5.74, 6) is 0. The molecule has 0 radical (unpaired) electrons. The first kappa shape index (κ1) is 25.9. The SMILES string of the molecule is c1ccn(CCCCCCCc2ccnc(-c3cc(CCCCCCCn4cccc4)ccn3)c2)c1. The zero-order chi connectivity index (χ0) is 24.7. The van der Waals surface area contributed by atoms with Crippen LogP contribution in [0.4, 0.5) is 0 Å². The number of hydrogen-bond donors (Lipinski definition) is 0. The van der Waals surface area contributed by atoms with Crippen molar-refractivity contribution in [2.24, 2.45) is 0 Å². The average molecular weight is 483 g/mol. The van der Waals surface area contributed by atoms with Gasteiger partial charge in [-0.2, -0.15) is 0 Å². The van der Waals surface area contributed by atoms with E-state index in [1.807, 2.05) is 12.4 Å². The Labute approximate surface area is 217 Å². The molecule has 0 aliphatic rings. The largest absolute Gasteiger partial charge is 0.354 e. The average Bonchev–Trinajstić information content (AvgIpc) is 3.63. The quantitative estimate of drug-likeness (QED) is 0.142. The van der Waals surface area contributed by atoms with Gasteiger partial charge in [0.05, 0.1) is 11.4 Å². The normalized spacial score (nSPS) is 11.2. The number of unbranched alkanes of at least 4 members (excludes halogenated alkanes) is 8. The van der Waals surface area contributed by atoms with Crippen molar-refractivity contribution < 1.29 is 0 Å². The molecule has 0 aliphatic heterocycles. The van der Waals surface area contributed by atoms with E-state index in [2.05, 4.69) is 92.4 Å². The van der Waals surface area contributed by atoms with Crippen LogP contribution in [0.15, 0.2) is 85.7 Å². The fourth-order valence-electron chi connectivity index (χ4n) is 4.89. The Morgan fingerprint density at radius 1 is 0.472 bits per heavy atom. The van der Waals surface area contributed by atoms with Gasteiger partial charge in [-0.15, -0.1) is 0 Å². The van der Waals surface area contributed by atoms with Gasteiger partial charge < -0.3 is 9.13 Å². The van der Waals surface area contributed by atoms with Gasteiger partial charge >= 0.3 is 0 Å². The molecule has 4 aromatic rings. The standard InChI is InChI=1S/C32H42N4/c1(5-9-21-35-23-11-12-24-35)3-7-15-29-17-19-33-31(27-29)32-28-30(18-20-34-32)16-8-4-2-6-10-22-36-25-13-14-26-36/h11-14,17-20,23-28H,1-10,15-16,21-22H2. The van der Waals surface area contributed by atoms with Crippen molar-refractivity contribution >= 4 is 0 Å². The highest BCUT2D eigenvalue weighted by Gasteiger charge is 2.05. The highest BCUT2D eigenvalue weighted by Crippen LogP contribution is 2.19. The van der Waals surface area contributed by atoms with Crippen molar-refractivity contribution in [3.8, 4) is 11.4 Å². The molecule has 0 saturated carbocycles. The minimum absolute atomic E-state index is 1.01. The van der Waals surface area contributed by atoms with Crippen molar-refractivity contribution in [1.82, 2.24) is 19.1 Å². The monoisotopic (exact) mass is 482 g/mol. The number of pyridine rings is 2. The molecular formula is C32H42N4. The van der Waals surface area contributed by atoms with Crippen LogP contribution in [0.2, 0.25) is 0 Å². The van der Waals surface area contributed by atoms with Crippen molar-refractivity contribution in [3.05, 3.63) is 96.8 Å². The molecule has 4 aromatic heterocycles. The maximum absolute atomic E-state index is 4.63. The fraction of sp³-hybridized carbons (Fsp3) is 0.438. The number of aryl methyl sites for hydroxylation is 4. The zero-order valence-corrected chi connectivity index (χ0v) is 21.8. The topological polar surface area (TPSA) is 35.6 Å². The van der Waals surface area contributed by atoms with E-state index in [9.17, 15) is 0 Å². The van der Waals surface area contributed by atoms with Gasteiger partial charge in [0.25, 0.3) is 0 Å². The highest BCUT2D eigenvalue weighted by molar-refractivity contribution is 5.55. The third-order valence-corrected chi connectivity index (χ3v) is 7.01. The van der Waals surface area contributed by atoms with E-state index >= 15 is 0 Å². The lowest BCUT2D eigenvalue weighted by Gasteiger charge is -2.07. The van der Waals surface area contributed by atoms with Crippen LogP contribution in [0, 0.1) is 0 Å². The molecule has 36 heavy (non-hydrogen) atoms. The van der Waals surface area contributed by atoms with Gasteiger partial charge in [-0.05, 0) is 98.2 Å². The van der Waals surface area contributed by atoms with Crippen LogP contribution in [0.5, 0.6) is 0 Å². The summed E-state index contributed by atoms with van der Waals surface area (Å²) < 4.78 is 4.55. The van der Waals surface area contributed by atoms with Crippen molar-refractivity contribution in [2.75, 3.05) is 0 Å². The van der Waals surface area contributed by atoms with Crippen molar-refractivity contribution in [1.29, 1.82) is 0 Å². The molecule has 0 aromatic carbocycles. The fourth-order valence-corrected chi connectivity index (χ4v) is 4.89. The Bertz CT molecular complexity index is 1010. The van der Waals surface area contributed by atoms with E-state index in [0.717, 1.165) is 37.3 Å². The molecule has 0 aliphatic carbocycles. The summed E-state index contributed by atoms with van der Waals surface area (Å²) in [5, 5.41) is 0. The van der Waals surface area contributed by atoms with E-state index in [4.69, 9.17) is 0 Å². The van der Waals surface area contributed by atoms with E-state index < -0.39 is 0 Å². The third-order valence-electron chi connectivity index (χ3n) is 7.01. The van der Waals surface area contributed by atoms with Crippen LogP contribution in [0.3, 0.4) is 0 Å². The molecule has 0 amide bonds. The predicted molar refractivity (Wildman–Crippen MR) is 150 cm³/mol. The molecule has 0 saturated heterocycles. The summed E-state index contributed by atoms with van der Waals surface area (Å²) in [4.78, 5) is 9.26. The second kappa shape index (κ2) is 15.1. The first-order valence-corrected chi connectivity index (χ1v) is 14.0. The van der Waals surface area contributed by atoms with Crippen molar-refractivity contribution in [2.45, 2.75) is 90.1 Å². The molecular weight excluding hydrogens is 440 g/mol. The van der Waals surface area contributed by atoms with Crippen LogP contribution >= 0.6 is 0 Å². The maximum Gasteiger partial charge on any atom is 0.0888 e.